The van der Waals surface area contributed by atoms with Crippen LogP contribution in [-0.4, -0.2) is 19.6 Å². The zero-order chi connectivity index (χ0) is 7.54. The van der Waals surface area contributed by atoms with Crippen LogP contribution in [0.2, 0.25) is 0 Å². The SMILES string of the molecule is N#CCCN.NCCN. The lowest BCUT2D eigenvalue weighted by Crippen LogP contribution is -2.11. The smallest absolute Gasteiger partial charge is 0.0635 e. The maximum atomic E-state index is 7.74. The van der Waals surface area contributed by atoms with Crippen molar-refractivity contribution in [2.75, 3.05) is 19.6 Å². The van der Waals surface area contributed by atoms with Crippen LogP contribution in [0.1, 0.15) is 6.42 Å². The summed E-state index contributed by atoms with van der Waals surface area (Å²) in [4.78, 5) is 0. The quantitative estimate of drug-likeness (QED) is 0.435. The molecule has 54 valence electrons. The Balaban J connectivity index is 0. The van der Waals surface area contributed by atoms with E-state index in [1.54, 1.807) is 0 Å². The zero-order valence-electron chi connectivity index (χ0n) is 5.51. The fraction of sp³-hybridized carbons (Fsp3) is 0.800. The largest absolute Gasteiger partial charge is 0.329 e. The Labute approximate surface area is 55.6 Å². The number of rotatable bonds is 2. The molecule has 0 spiro atoms. The van der Waals surface area contributed by atoms with E-state index in [0.717, 1.165) is 0 Å². The number of nitriles is 1. The standard InChI is InChI=1S/C3H6N2.C2H8N2/c4-2-1-3-5;3-1-2-4/h1-2,4H2;1-4H2. The van der Waals surface area contributed by atoms with Gasteiger partial charge in [0.1, 0.15) is 0 Å². The van der Waals surface area contributed by atoms with Crippen molar-refractivity contribution in [3.05, 3.63) is 0 Å². The summed E-state index contributed by atoms with van der Waals surface area (Å²) in [5, 5.41) is 7.74. The summed E-state index contributed by atoms with van der Waals surface area (Å²) < 4.78 is 0. The van der Waals surface area contributed by atoms with Crippen molar-refractivity contribution in [3.8, 4) is 6.07 Å². The van der Waals surface area contributed by atoms with Crippen LogP contribution in [0.5, 0.6) is 0 Å². The van der Waals surface area contributed by atoms with Crippen LogP contribution in [0.4, 0.5) is 0 Å². The van der Waals surface area contributed by atoms with Crippen LogP contribution >= 0.6 is 0 Å². The van der Waals surface area contributed by atoms with Crippen molar-refractivity contribution < 1.29 is 0 Å². The molecule has 0 radical (unpaired) electrons. The van der Waals surface area contributed by atoms with Gasteiger partial charge in [-0.2, -0.15) is 5.26 Å². The van der Waals surface area contributed by atoms with E-state index in [9.17, 15) is 0 Å². The van der Waals surface area contributed by atoms with Crippen LogP contribution in [0.15, 0.2) is 0 Å². The van der Waals surface area contributed by atoms with Gasteiger partial charge >= 0.3 is 0 Å². The fourth-order valence-corrected chi connectivity index (χ4v) is 0.0645. The van der Waals surface area contributed by atoms with Crippen LogP contribution in [0.25, 0.3) is 0 Å². The maximum Gasteiger partial charge on any atom is 0.0635 e. The third-order valence-corrected chi connectivity index (χ3v) is 0.423. The molecule has 0 amide bonds. The van der Waals surface area contributed by atoms with E-state index >= 15 is 0 Å². The van der Waals surface area contributed by atoms with Crippen molar-refractivity contribution in [2.24, 2.45) is 17.2 Å². The minimum absolute atomic E-state index is 0.472. The molecule has 9 heavy (non-hydrogen) atoms. The summed E-state index contributed by atoms with van der Waals surface area (Å²) in [5.41, 5.74) is 14.7. The van der Waals surface area contributed by atoms with Gasteiger partial charge in [0, 0.05) is 26.1 Å². The molecule has 0 aromatic rings. The number of hydrogen-bond donors (Lipinski definition) is 3. The van der Waals surface area contributed by atoms with Gasteiger partial charge in [-0.05, 0) is 0 Å². The average molecular weight is 130 g/mol. The lowest BCUT2D eigenvalue weighted by molar-refractivity contribution is 0.976. The molecule has 6 N–H and O–H groups in total. The van der Waals surface area contributed by atoms with Crippen molar-refractivity contribution in [2.45, 2.75) is 6.42 Å². The molecular weight excluding hydrogens is 116 g/mol. The zero-order valence-corrected chi connectivity index (χ0v) is 5.51. The molecule has 0 aliphatic carbocycles. The van der Waals surface area contributed by atoms with E-state index in [-0.39, 0.29) is 0 Å². The summed E-state index contributed by atoms with van der Waals surface area (Å²) in [6, 6.07) is 1.89. The summed E-state index contributed by atoms with van der Waals surface area (Å²) in [7, 11) is 0. The monoisotopic (exact) mass is 130 g/mol. The molecule has 4 heteroatoms. The Morgan fingerprint density at radius 1 is 1.00 bits per heavy atom. The first-order valence-electron chi connectivity index (χ1n) is 2.80. The van der Waals surface area contributed by atoms with Gasteiger partial charge in [-0.1, -0.05) is 0 Å². The summed E-state index contributed by atoms with van der Waals surface area (Å²) in [6.45, 7) is 1.68. The van der Waals surface area contributed by atoms with Crippen molar-refractivity contribution >= 4 is 0 Å². The Morgan fingerprint density at radius 3 is 1.44 bits per heavy atom. The van der Waals surface area contributed by atoms with Gasteiger partial charge < -0.3 is 17.2 Å². The van der Waals surface area contributed by atoms with Crippen molar-refractivity contribution in [1.82, 2.24) is 0 Å². The number of nitrogens with zero attached hydrogens (tertiary/aromatic N) is 1. The summed E-state index contributed by atoms with van der Waals surface area (Å²) in [5.74, 6) is 0. The molecule has 0 rings (SSSR count). The van der Waals surface area contributed by atoms with E-state index in [2.05, 4.69) is 0 Å². The van der Waals surface area contributed by atoms with E-state index in [4.69, 9.17) is 22.5 Å². The molecule has 0 aliphatic rings. The van der Waals surface area contributed by atoms with Gasteiger partial charge in [0.15, 0.2) is 0 Å². The van der Waals surface area contributed by atoms with Gasteiger partial charge in [-0.3, -0.25) is 0 Å². The molecule has 0 saturated heterocycles. The molecule has 0 heterocycles. The van der Waals surface area contributed by atoms with Gasteiger partial charge in [0.2, 0.25) is 0 Å². The Morgan fingerprint density at radius 2 is 1.44 bits per heavy atom. The molecule has 0 fully saturated rings. The third-order valence-electron chi connectivity index (χ3n) is 0.423. The molecule has 0 saturated carbocycles. The second kappa shape index (κ2) is 15.7. The minimum Gasteiger partial charge on any atom is -0.329 e. The van der Waals surface area contributed by atoms with Crippen molar-refractivity contribution in [1.29, 1.82) is 5.26 Å². The first kappa shape index (κ1) is 11.2. The topological polar surface area (TPSA) is 102 Å². The van der Waals surface area contributed by atoms with Gasteiger partial charge in [0.25, 0.3) is 0 Å². The first-order valence-corrected chi connectivity index (χ1v) is 2.80. The van der Waals surface area contributed by atoms with Crippen molar-refractivity contribution in [3.63, 3.8) is 0 Å². The van der Waals surface area contributed by atoms with Gasteiger partial charge in [0.05, 0.1) is 6.07 Å². The summed E-state index contributed by atoms with van der Waals surface area (Å²) in [6.07, 6.45) is 0.472. The summed E-state index contributed by atoms with van der Waals surface area (Å²) >= 11 is 0. The Bertz CT molecular complexity index is 63.8. The molecule has 0 aromatic carbocycles. The number of nitrogens with two attached hydrogens (primary N) is 3. The molecule has 0 unspecified atom stereocenters. The Kier molecular flexibility index (Phi) is 19.5. The first-order chi connectivity index (χ1) is 4.33. The predicted molar refractivity (Wildman–Crippen MR) is 37.4 cm³/mol. The van der Waals surface area contributed by atoms with Crippen LogP contribution in [0.3, 0.4) is 0 Å². The third kappa shape index (κ3) is 37.8. The molecule has 0 aromatic heterocycles. The average Bonchev–Trinajstić information content (AvgIpc) is 1.91. The van der Waals surface area contributed by atoms with Gasteiger partial charge in [-0.25, -0.2) is 0 Å². The molecule has 0 atom stereocenters. The molecule has 0 bridgehead atoms. The van der Waals surface area contributed by atoms with E-state index in [1.807, 2.05) is 6.07 Å². The highest BCUT2D eigenvalue weighted by Crippen LogP contribution is 1.59. The second-order valence-electron chi connectivity index (χ2n) is 1.27. The second-order valence-corrected chi connectivity index (χ2v) is 1.27. The minimum atomic E-state index is 0.472. The highest BCUT2D eigenvalue weighted by molar-refractivity contribution is 4.67. The normalized spacial score (nSPS) is 6.89. The highest BCUT2D eigenvalue weighted by atomic mass is 14.6. The maximum absolute atomic E-state index is 7.74. The lowest BCUT2D eigenvalue weighted by Gasteiger charge is -1.72. The molecular formula is C5H14N4. The predicted octanol–water partition coefficient (Wildman–Crippen LogP) is -1.24. The van der Waals surface area contributed by atoms with E-state index in [0.29, 0.717) is 26.1 Å². The molecule has 0 aliphatic heterocycles. The molecule has 4 nitrogen and oxygen atoms in total. The Hall–Kier alpha value is -0.630. The van der Waals surface area contributed by atoms with Gasteiger partial charge in [-0.15, -0.1) is 0 Å². The van der Waals surface area contributed by atoms with Crippen LogP contribution < -0.4 is 17.2 Å². The van der Waals surface area contributed by atoms with Crippen LogP contribution in [-0.2, 0) is 0 Å². The van der Waals surface area contributed by atoms with E-state index < -0.39 is 0 Å². The lowest BCUT2D eigenvalue weighted by atomic mass is 10.5. The van der Waals surface area contributed by atoms with Crippen LogP contribution in [0, 0.1) is 11.3 Å². The van der Waals surface area contributed by atoms with E-state index in [1.165, 1.54) is 0 Å². The number of hydrogen-bond acceptors (Lipinski definition) is 4. The highest BCUT2D eigenvalue weighted by Gasteiger charge is 1.65. The fourth-order valence-electron chi connectivity index (χ4n) is 0.0645.